The zero-order valence-corrected chi connectivity index (χ0v) is 22.3. The number of amides is 1. The Morgan fingerprint density at radius 3 is 2.23 bits per heavy atom. The monoisotopic (exact) mass is 499 g/mol. The molecule has 0 aliphatic carbocycles. The summed E-state index contributed by atoms with van der Waals surface area (Å²) >= 11 is 3.47. The van der Waals surface area contributed by atoms with Gasteiger partial charge >= 0.3 is 6.09 Å². The molecule has 1 aliphatic heterocycles. The number of hydrogen-bond acceptors (Lipinski definition) is 4. The quantitative estimate of drug-likeness (QED) is 0.523. The van der Waals surface area contributed by atoms with Crippen LogP contribution in [0.2, 0.25) is 18.1 Å². The molecule has 2 unspecified atom stereocenters. The van der Waals surface area contributed by atoms with E-state index >= 15 is 0 Å². The summed E-state index contributed by atoms with van der Waals surface area (Å²) in [5, 5.41) is 10.6. The van der Waals surface area contributed by atoms with Gasteiger partial charge in [0.25, 0.3) is 0 Å². The molecule has 1 saturated heterocycles. The number of carbonyl (C=O) groups is 1. The van der Waals surface area contributed by atoms with Gasteiger partial charge in [-0.1, -0.05) is 48.8 Å². The predicted molar refractivity (Wildman–Crippen MR) is 127 cm³/mol. The smallest absolute Gasteiger partial charge is 0.410 e. The zero-order valence-electron chi connectivity index (χ0n) is 19.7. The molecule has 5 nitrogen and oxygen atoms in total. The first kappa shape index (κ1) is 25.4. The van der Waals surface area contributed by atoms with E-state index in [1.165, 1.54) is 0 Å². The van der Waals surface area contributed by atoms with Crippen molar-refractivity contribution in [3.05, 3.63) is 34.3 Å². The summed E-state index contributed by atoms with van der Waals surface area (Å²) in [4.78, 5) is 14.8. The van der Waals surface area contributed by atoms with Gasteiger partial charge in [0.05, 0.1) is 18.2 Å². The van der Waals surface area contributed by atoms with Gasteiger partial charge in [0.1, 0.15) is 5.60 Å². The summed E-state index contributed by atoms with van der Waals surface area (Å²) in [6.07, 6.45) is 0.620. The minimum Gasteiger partial charge on any atom is -0.444 e. The van der Waals surface area contributed by atoms with Crippen LogP contribution in [0, 0.1) is 0 Å². The molecule has 1 aromatic rings. The van der Waals surface area contributed by atoms with Crippen LogP contribution in [-0.4, -0.2) is 54.8 Å². The summed E-state index contributed by atoms with van der Waals surface area (Å²) in [6.45, 7) is 16.9. The molecule has 2 rings (SSSR count). The normalized spacial score (nSPS) is 23.0. The average molecular weight is 501 g/mol. The molecule has 1 amide bonds. The van der Waals surface area contributed by atoms with Gasteiger partial charge in [0.15, 0.2) is 8.32 Å². The minimum atomic E-state index is -2.02. The van der Waals surface area contributed by atoms with Gasteiger partial charge in [-0.15, -0.1) is 0 Å². The predicted octanol–water partition coefficient (Wildman–Crippen LogP) is 5.75. The molecule has 7 heteroatoms. The molecule has 1 fully saturated rings. The lowest BCUT2D eigenvalue weighted by atomic mass is 9.88. The van der Waals surface area contributed by atoms with Crippen LogP contribution in [-0.2, 0) is 15.6 Å². The molecule has 1 aromatic carbocycles. The third kappa shape index (κ3) is 6.08. The van der Waals surface area contributed by atoms with E-state index in [0.29, 0.717) is 19.4 Å². The lowest BCUT2D eigenvalue weighted by molar-refractivity contribution is -0.00476. The fourth-order valence-electron chi connectivity index (χ4n) is 3.61. The van der Waals surface area contributed by atoms with Crippen molar-refractivity contribution in [2.75, 3.05) is 13.2 Å². The topological polar surface area (TPSA) is 59.0 Å². The molecule has 0 aromatic heterocycles. The van der Waals surface area contributed by atoms with Gasteiger partial charge in [-0.3, -0.25) is 4.90 Å². The molecular weight excluding hydrogens is 462 g/mol. The van der Waals surface area contributed by atoms with Crippen LogP contribution in [0.5, 0.6) is 0 Å². The van der Waals surface area contributed by atoms with Crippen molar-refractivity contribution in [2.24, 2.45) is 0 Å². The molecule has 1 N–H and O–H groups in total. The Balaban J connectivity index is 2.35. The van der Waals surface area contributed by atoms with Gasteiger partial charge in [-0.2, -0.15) is 0 Å². The lowest BCUT2D eigenvalue weighted by Gasteiger charge is -2.38. The lowest BCUT2D eigenvalue weighted by Crippen LogP contribution is -2.53. The maximum absolute atomic E-state index is 13.1. The number of likely N-dealkylation sites (tertiary alicyclic amines) is 1. The summed E-state index contributed by atoms with van der Waals surface area (Å²) in [5.41, 5.74) is -0.286. The van der Waals surface area contributed by atoms with Crippen molar-refractivity contribution < 1.29 is 19.1 Å². The zero-order chi connectivity index (χ0) is 23.0. The van der Waals surface area contributed by atoms with Crippen molar-refractivity contribution in [2.45, 2.75) is 89.8 Å². The van der Waals surface area contributed by atoms with E-state index in [4.69, 9.17) is 9.16 Å². The molecule has 1 aliphatic rings. The molecule has 0 spiro atoms. The molecule has 2 atom stereocenters. The summed E-state index contributed by atoms with van der Waals surface area (Å²) < 4.78 is 13.4. The van der Waals surface area contributed by atoms with Crippen LogP contribution in [0.1, 0.15) is 53.5 Å². The summed E-state index contributed by atoms with van der Waals surface area (Å²) in [7, 11) is -2.02. The molecule has 30 heavy (non-hydrogen) atoms. The highest BCUT2D eigenvalue weighted by molar-refractivity contribution is 9.10. The SMILES string of the molecule is CC(C)(C)OC(=O)N1CC(O[Si](C)(C)C(C)(C)C)CC1(CO)Cc1ccc(Br)cc1. The van der Waals surface area contributed by atoms with Crippen molar-refractivity contribution in [3.63, 3.8) is 0 Å². The highest BCUT2D eigenvalue weighted by Crippen LogP contribution is 2.42. The number of hydrogen-bond donors (Lipinski definition) is 1. The molecule has 0 saturated carbocycles. The molecule has 0 radical (unpaired) electrons. The Morgan fingerprint density at radius 2 is 1.77 bits per heavy atom. The van der Waals surface area contributed by atoms with Gasteiger partial charge < -0.3 is 14.3 Å². The van der Waals surface area contributed by atoms with Crippen molar-refractivity contribution in [1.29, 1.82) is 0 Å². The Kier molecular flexibility index (Phi) is 7.55. The van der Waals surface area contributed by atoms with E-state index in [1.807, 2.05) is 45.0 Å². The van der Waals surface area contributed by atoms with Gasteiger partial charge in [-0.25, -0.2) is 4.79 Å². The van der Waals surface area contributed by atoms with Crippen LogP contribution in [0.4, 0.5) is 4.79 Å². The second kappa shape index (κ2) is 8.92. The molecule has 1 heterocycles. The number of rotatable bonds is 5. The van der Waals surface area contributed by atoms with Crippen molar-refractivity contribution >= 4 is 30.3 Å². The Hall–Kier alpha value is -0.893. The number of aliphatic hydroxyl groups is 1. The third-order valence-electron chi connectivity index (χ3n) is 6.19. The van der Waals surface area contributed by atoms with Crippen molar-refractivity contribution in [3.8, 4) is 0 Å². The Labute approximate surface area is 191 Å². The van der Waals surface area contributed by atoms with Crippen LogP contribution in [0.25, 0.3) is 0 Å². The number of carbonyl (C=O) groups excluding carboxylic acids is 1. The van der Waals surface area contributed by atoms with E-state index in [-0.39, 0.29) is 17.7 Å². The fraction of sp³-hybridized carbons (Fsp3) is 0.696. The molecular formula is C23H38BrNO4Si. The van der Waals surface area contributed by atoms with Gasteiger partial charge in [0.2, 0.25) is 0 Å². The largest absolute Gasteiger partial charge is 0.444 e. The average Bonchev–Trinajstić information content (AvgIpc) is 2.92. The number of benzene rings is 1. The number of halogens is 1. The highest BCUT2D eigenvalue weighted by Gasteiger charge is 2.51. The fourth-order valence-corrected chi connectivity index (χ4v) is 5.22. The highest BCUT2D eigenvalue weighted by atomic mass is 79.9. The number of nitrogens with zero attached hydrogens (tertiary/aromatic N) is 1. The summed E-state index contributed by atoms with van der Waals surface area (Å²) in [6, 6.07) is 8.02. The first-order valence-electron chi connectivity index (χ1n) is 10.6. The van der Waals surface area contributed by atoms with E-state index in [1.54, 1.807) is 4.90 Å². The Morgan fingerprint density at radius 1 is 1.20 bits per heavy atom. The summed E-state index contributed by atoms with van der Waals surface area (Å²) in [5.74, 6) is 0. The van der Waals surface area contributed by atoms with Crippen molar-refractivity contribution in [1.82, 2.24) is 4.90 Å². The van der Waals surface area contributed by atoms with Gasteiger partial charge in [0, 0.05) is 17.4 Å². The first-order valence-corrected chi connectivity index (χ1v) is 14.3. The van der Waals surface area contributed by atoms with E-state index in [2.05, 4.69) is 49.8 Å². The van der Waals surface area contributed by atoms with E-state index < -0.39 is 25.6 Å². The van der Waals surface area contributed by atoms with Gasteiger partial charge in [-0.05, 0) is 63.0 Å². The first-order chi connectivity index (χ1) is 13.6. The van der Waals surface area contributed by atoms with E-state index in [9.17, 15) is 9.90 Å². The van der Waals surface area contributed by atoms with Crippen LogP contribution >= 0.6 is 15.9 Å². The van der Waals surface area contributed by atoms with Crippen LogP contribution in [0.3, 0.4) is 0 Å². The number of aliphatic hydroxyl groups excluding tert-OH is 1. The Bertz CT molecular complexity index is 739. The number of ether oxygens (including phenoxy) is 1. The molecule has 0 bridgehead atoms. The van der Waals surface area contributed by atoms with Crippen LogP contribution < -0.4 is 0 Å². The third-order valence-corrected chi connectivity index (χ3v) is 11.3. The minimum absolute atomic E-state index is 0.0694. The molecule has 170 valence electrons. The maximum Gasteiger partial charge on any atom is 0.410 e. The van der Waals surface area contributed by atoms with Crippen LogP contribution in [0.15, 0.2) is 28.7 Å². The second-order valence-electron chi connectivity index (χ2n) is 11.0. The second-order valence-corrected chi connectivity index (χ2v) is 16.7. The van der Waals surface area contributed by atoms with E-state index in [0.717, 1.165) is 10.0 Å². The standard InChI is InChI=1S/C23H38BrNO4Si/c1-21(2,3)28-20(27)25-15-19(29-30(7,8)22(4,5)6)14-23(25,16-26)13-17-9-11-18(24)12-10-17/h9-12,19,26H,13-16H2,1-8H3. The maximum atomic E-state index is 13.1.